The molecular formula is C14H9N5O2S2. The highest BCUT2D eigenvalue weighted by Crippen LogP contribution is 2.24. The van der Waals surface area contributed by atoms with Gasteiger partial charge in [-0.15, -0.1) is 22.7 Å². The van der Waals surface area contributed by atoms with E-state index in [2.05, 4.69) is 20.1 Å². The average Bonchev–Trinajstić information content (AvgIpc) is 3.31. The summed E-state index contributed by atoms with van der Waals surface area (Å²) in [5, 5.41) is 8.37. The molecule has 0 aromatic carbocycles. The van der Waals surface area contributed by atoms with Crippen LogP contribution in [0.25, 0.3) is 21.5 Å². The second kappa shape index (κ2) is 5.86. The Kier molecular flexibility index (Phi) is 3.56. The molecule has 0 radical (unpaired) electrons. The van der Waals surface area contributed by atoms with Crippen LogP contribution < -0.4 is 5.76 Å². The first kappa shape index (κ1) is 14.0. The molecule has 0 aliphatic rings. The summed E-state index contributed by atoms with van der Waals surface area (Å²) in [7, 11) is 0. The number of hydrogen-bond donors (Lipinski definition) is 0. The molecule has 4 rings (SSSR count). The van der Waals surface area contributed by atoms with Gasteiger partial charge in [0.15, 0.2) is 16.7 Å². The van der Waals surface area contributed by atoms with Gasteiger partial charge in [0.1, 0.15) is 0 Å². The fraction of sp³-hybridized carbons (Fsp3) is 0.0714. The van der Waals surface area contributed by atoms with Crippen LogP contribution in [0.1, 0.15) is 5.69 Å². The zero-order valence-electron chi connectivity index (χ0n) is 11.6. The van der Waals surface area contributed by atoms with Crippen molar-refractivity contribution in [2.45, 2.75) is 6.54 Å². The van der Waals surface area contributed by atoms with Crippen LogP contribution in [0.5, 0.6) is 0 Å². The molecule has 4 aromatic rings. The highest BCUT2D eigenvalue weighted by atomic mass is 32.1. The molecule has 4 aromatic heterocycles. The number of aromatic nitrogens is 5. The normalized spacial score (nSPS) is 11.0. The van der Waals surface area contributed by atoms with Crippen molar-refractivity contribution in [3.63, 3.8) is 0 Å². The van der Waals surface area contributed by atoms with Crippen LogP contribution >= 0.6 is 22.7 Å². The summed E-state index contributed by atoms with van der Waals surface area (Å²) in [5.74, 6) is 0.578. The first-order valence-corrected chi connectivity index (χ1v) is 8.39. The molecule has 0 aliphatic heterocycles. The number of thiazole rings is 1. The molecule has 23 heavy (non-hydrogen) atoms. The fourth-order valence-corrected chi connectivity index (χ4v) is 3.51. The van der Waals surface area contributed by atoms with E-state index in [1.807, 2.05) is 22.9 Å². The van der Waals surface area contributed by atoms with E-state index in [1.165, 1.54) is 27.2 Å². The summed E-state index contributed by atoms with van der Waals surface area (Å²) in [5.41, 5.74) is 0.737. The molecule has 0 fully saturated rings. The summed E-state index contributed by atoms with van der Waals surface area (Å²) in [6, 6.07) is 5.54. The predicted octanol–water partition coefficient (Wildman–Crippen LogP) is 2.53. The van der Waals surface area contributed by atoms with Crippen molar-refractivity contribution in [1.82, 2.24) is 24.7 Å². The zero-order chi connectivity index (χ0) is 15.6. The van der Waals surface area contributed by atoms with Gasteiger partial charge in [-0.1, -0.05) is 11.2 Å². The summed E-state index contributed by atoms with van der Waals surface area (Å²) in [4.78, 5) is 25.6. The third-order valence-electron chi connectivity index (χ3n) is 3.06. The Labute approximate surface area is 137 Å². The van der Waals surface area contributed by atoms with Crippen LogP contribution in [0.3, 0.4) is 0 Å². The van der Waals surface area contributed by atoms with Crippen LogP contribution in [0.2, 0.25) is 0 Å². The number of thiophene rings is 1. The van der Waals surface area contributed by atoms with Crippen molar-refractivity contribution >= 4 is 22.7 Å². The maximum absolute atomic E-state index is 11.9. The van der Waals surface area contributed by atoms with Crippen molar-refractivity contribution in [3.8, 4) is 21.5 Å². The van der Waals surface area contributed by atoms with Crippen molar-refractivity contribution in [1.29, 1.82) is 0 Å². The Bertz CT molecular complexity index is 972. The average molecular weight is 343 g/mol. The Morgan fingerprint density at radius 3 is 2.83 bits per heavy atom. The van der Waals surface area contributed by atoms with Gasteiger partial charge in [0.25, 0.3) is 0 Å². The van der Waals surface area contributed by atoms with Gasteiger partial charge in [0, 0.05) is 17.8 Å². The van der Waals surface area contributed by atoms with Gasteiger partial charge in [-0.2, -0.15) is 0 Å². The Balaban J connectivity index is 1.66. The van der Waals surface area contributed by atoms with E-state index in [0.717, 1.165) is 10.6 Å². The van der Waals surface area contributed by atoms with Crippen LogP contribution in [-0.4, -0.2) is 24.7 Å². The van der Waals surface area contributed by atoms with Crippen molar-refractivity contribution in [2.24, 2.45) is 0 Å². The molecule has 0 amide bonds. The van der Waals surface area contributed by atoms with Crippen molar-refractivity contribution < 1.29 is 4.52 Å². The molecule has 114 valence electrons. The van der Waals surface area contributed by atoms with Gasteiger partial charge < -0.3 is 0 Å². The second-order valence-electron chi connectivity index (χ2n) is 4.55. The van der Waals surface area contributed by atoms with Crippen LogP contribution in [0.4, 0.5) is 0 Å². The molecule has 0 saturated carbocycles. The van der Waals surface area contributed by atoms with Gasteiger partial charge in [-0.25, -0.2) is 24.3 Å². The van der Waals surface area contributed by atoms with E-state index in [1.54, 1.807) is 18.5 Å². The van der Waals surface area contributed by atoms with Crippen molar-refractivity contribution in [3.05, 3.63) is 57.6 Å². The molecule has 0 unspecified atom stereocenters. The lowest BCUT2D eigenvalue weighted by atomic mass is 10.4. The van der Waals surface area contributed by atoms with Gasteiger partial charge in [-0.05, 0) is 17.5 Å². The minimum Gasteiger partial charge on any atom is -0.295 e. The molecule has 0 saturated heterocycles. The van der Waals surface area contributed by atoms with E-state index in [0.29, 0.717) is 23.2 Å². The highest BCUT2D eigenvalue weighted by Gasteiger charge is 2.16. The fourth-order valence-electron chi connectivity index (χ4n) is 2.04. The first-order valence-electron chi connectivity index (χ1n) is 6.63. The summed E-state index contributed by atoms with van der Waals surface area (Å²) in [6.45, 7) is 0.291. The third kappa shape index (κ3) is 2.71. The maximum atomic E-state index is 11.9. The molecule has 0 atom stereocenters. The largest absolute Gasteiger partial charge is 0.442 e. The van der Waals surface area contributed by atoms with E-state index in [-0.39, 0.29) is 0 Å². The molecular weight excluding hydrogens is 334 g/mol. The lowest BCUT2D eigenvalue weighted by Gasteiger charge is -2.00. The smallest absolute Gasteiger partial charge is 0.295 e. The predicted molar refractivity (Wildman–Crippen MR) is 86.3 cm³/mol. The van der Waals surface area contributed by atoms with Gasteiger partial charge in [-0.3, -0.25) is 4.52 Å². The lowest BCUT2D eigenvalue weighted by Crippen LogP contribution is -2.16. The van der Waals surface area contributed by atoms with Crippen LogP contribution in [0, 0.1) is 0 Å². The Hall–Kier alpha value is -2.65. The monoisotopic (exact) mass is 343 g/mol. The van der Waals surface area contributed by atoms with Crippen molar-refractivity contribution in [2.75, 3.05) is 0 Å². The number of rotatable bonds is 4. The molecule has 0 bridgehead atoms. The zero-order valence-corrected chi connectivity index (χ0v) is 13.3. The maximum Gasteiger partial charge on any atom is 0.442 e. The number of nitrogens with zero attached hydrogens (tertiary/aromatic N) is 5. The summed E-state index contributed by atoms with van der Waals surface area (Å²) < 4.78 is 6.27. The lowest BCUT2D eigenvalue weighted by molar-refractivity contribution is 0.378. The van der Waals surface area contributed by atoms with Gasteiger partial charge >= 0.3 is 5.76 Å². The van der Waals surface area contributed by atoms with Gasteiger partial charge in [0.2, 0.25) is 0 Å². The topological polar surface area (TPSA) is 86.7 Å². The molecule has 0 spiro atoms. The first-order chi connectivity index (χ1) is 11.3. The van der Waals surface area contributed by atoms with Crippen LogP contribution in [0.15, 0.2) is 50.7 Å². The molecule has 9 heteroatoms. The highest BCUT2D eigenvalue weighted by molar-refractivity contribution is 7.13. The Morgan fingerprint density at radius 2 is 2.04 bits per heavy atom. The van der Waals surface area contributed by atoms with E-state index in [4.69, 9.17) is 4.52 Å². The van der Waals surface area contributed by atoms with E-state index in [9.17, 15) is 4.79 Å². The Morgan fingerprint density at radius 1 is 1.17 bits per heavy atom. The summed E-state index contributed by atoms with van der Waals surface area (Å²) >= 11 is 2.93. The SMILES string of the molecule is O=c1onc(-c2cccs2)n1Cc1csc(-c2ncccn2)n1. The van der Waals surface area contributed by atoms with Gasteiger partial charge in [0.05, 0.1) is 17.1 Å². The molecule has 7 nitrogen and oxygen atoms in total. The molecule has 4 heterocycles. The quantitative estimate of drug-likeness (QED) is 0.566. The number of hydrogen-bond acceptors (Lipinski definition) is 8. The standard InChI is InChI=1S/C14H9N5O2S2/c20-14-19(12(18-21-14)10-3-1-6-22-10)7-9-8-23-13(17-9)11-15-4-2-5-16-11/h1-6,8H,7H2. The minimum absolute atomic E-state index is 0.291. The minimum atomic E-state index is -0.501. The third-order valence-corrected chi connectivity index (χ3v) is 4.81. The van der Waals surface area contributed by atoms with E-state index >= 15 is 0 Å². The summed E-state index contributed by atoms with van der Waals surface area (Å²) in [6.07, 6.45) is 3.34. The van der Waals surface area contributed by atoms with Crippen LogP contribution in [-0.2, 0) is 6.54 Å². The molecule has 0 aliphatic carbocycles. The van der Waals surface area contributed by atoms with E-state index < -0.39 is 5.76 Å². The molecule has 0 N–H and O–H groups in total. The second-order valence-corrected chi connectivity index (χ2v) is 6.36.